The van der Waals surface area contributed by atoms with Gasteiger partial charge in [-0.05, 0) is 42.8 Å². The third kappa shape index (κ3) is 2.84. The molecule has 2 nitrogen and oxygen atoms in total. The second kappa shape index (κ2) is 5.48. The zero-order valence-corrected chi connectivity index (χ0v) is 11.5. The van der Waals surface area contributed by atoms with Crippen LogP contribution in [0.2, 0.25) is 0 Å². The summed E-state index contributed by atoms with van der Waals surface area (Å²) >= 11 is 0. The molecule has 0 aliphatic carbocycles. The second-order valence-electron chi connectivity index (χ2n) is 4.92. The van der Waals surface area contributed by atoms with Crippen LogP contribution in [0, 0.1) is 18.6 Å². The van der Waals surface area contributed by atoms with Gasteiger partial charge in [0.05, 0.1) is 11.2 Å². The van der Waals surface area contributed by atoms with E-state index in [9.17, 15) is 8.78 Å². The van der Waals surface area contributed by atoms with Gasteiger partial charge in [-0.3, -0.25) is 4.98 Å². The van der Waals surface area contributed by atoms with Crippen molar-refractivity contribution in [3.05, 3.63) is 71.4 Å². The topological polar surface area (TPSA) is 24.9 Å². The van der Waals surface area contributed by atoms with Crippen LogP contribution < -0.4 is 5.32 Å². The van der Waals surface area contributed by atoms with Crippen LogP contribution in [0.15, 0.2) is 48.5 Å². The normalized spacial score (nSPS) is 10.8. The number of halogens is 2. The van der Waals surface area contributed by atoms with Gasteiger partial charge in [0.25, 0.3) is 0 Å². The summed E-state index contributed by atoms with van der Waals surface area (Å²) in [5, 5.41) is 3.95. The van der Waals surface area contributed by atoms with Crippen LogP contribution in [0.4, 0.5) is 14.5 Å². The van der Waals surface area contributed by atoms with Gasteiger partial charge in [0.2, 0.25) is 0 Å². The van der Waals surface area contributed by atoms with Crippen molar-refractivity contribution in [3.8, 4) is 0 Å². The Morgan fingerprint density at radius 1 is 1.05 bits per heavy atom. The molecule has 4 heteroatoms. The van der Waals surface area contributed by atoms with Crippen molar-refractivity contribution in [2.45, 2.75) is 13.5 Å². The lowest BCUT2D eigenvalue weighted by Gasteiger charge is -2.11. The molecule has 0 unspecified atom stereocenters. The minimum atomic E-state index is -0.466. The molecule has 106 valence electrons. The van der Waals surface area contributed by atoms with E-state index in [1.165, 1.54) is 0 Å². The van der Waals surface area contributed by atoms with Gasteiger partial charge >= 0.3 is 0 Å². The van der Waals surface area contributed by atoms with Crippen molar-refractivity contribution < 1.29 is 8.78 Å². The molecule has 1 heterocycles. The second-order valence-corrected chi connectivity index (χ2v) is 4.92. The van der Waals surface area contributed by atoms with Crippen molar-refractivity contribution in [2.24, 2.45) is 0 Å². The van der Waals surface area contributed by atoms with Gasteiger partial charge in [0.1, 0.15) is 11.6 Å². The summed E-state index contributed by atoms with van der Waals surface area (Å²) in [4.78, 5) is 4.46. The average molecular weight is 284 g/mol. The molecule has 0 radical (unpaired) electrons. The first-order valence-corrected chi connectivity index (χ1v) is 6.68. The molecule has 1 aromatic heterocycles. The van der Waals surface area contributed by atoms with E-state index >= 15 is 0 Å². The van der Waals surface area contributed by atoms with Crippen LogP contribution in [0.25, 0.3) is 10.9 Å². The van der Waals surface area contributed by atoms with Gasteiger partial charge in [-0.25, -0.2) is 8.78 Å². The first kappa shape index (κ1) is 13.5. The maximum absolute atomic E-state index is 13.6. The Morgan fingerprint density at radius 2 is 1.86 bits per heavy atom. The first-order valence-electron chi connectivity index (χ1n) is 6.68. The summed E-state index contributed by atoms with van der Waals surface area (Å²) in [5.74, 6) is -0.929. The van der Waals surface area contributed by atoms with Crippen LogP contribution in [-0.4, -0.2) is 4.98 Å². The molecule has 3 rings (SSSR count). The Bertz CT molecular complexity index is 800. The summed E-state index contributed by atoms with van der Waals surface area (Å²) in [7, 11) is 0. The number of hydrogen-bond donors (Lipinski definition) is 1. The zero-order valence-electron chi connectivity index (χ0n) is 11.5. The highest BCUT2D eigenvalue weighted by Gasteiger charge is 2.06. The van der Waals surface area contributed by atoms with Gasteiger partial charge in [-0.1, -0.05) is 18.2 Å². The molecule has 0 saturated carbocycles. The van der Waals surface area contributed by atoms with Gasteiger partial charge < -0.3 is 5.32 Å². The van der Waals surface area contributed by atoms with Gasteiger partial charge in [-0.15, -0.1) is 0 Å². The first-order chi connectivity index (χ1) is 10.1. The molecule has 0 aliphatic rings. The molecule has 0 saturated heterocycles. The number of aromatic nitrogens is 1. The number of nitrogens with zero attached hydrogens (tertiary/aromatic N) is 1. The van der Waals surface area contributed by atoms with E-state index in [0.717, 1.165) is 40.4 Å². The number of para-hydroxylation sites is 1. The summed E-state index contributed by atoms with van der Waals surface area (Å²) in [5.41, 5.74) is 2.95. The van der Waals surface area contributed by atoms with E-state index in [1.54, 1.807) is 0 Å². The molecule has 21 heavy (non-hydrogen) atoms. The molecule has 0 bridgehead atoms. The fourth-order valence-electron chi connectivity index (χ4n) is 2.36. The largest absolute Gasteiger partial charge is 0.378 e. The summed E-state index contributed by atoms with van der Waals surface area (Å²) in [6.45, 7) is 2.32. The third-order valence-electron chi connectivity index (χ3n) is 3.33. The Labute approximate surface area is 121 Å². The minimum absolute atomic E-state index is 0.161. The highest BCUT2D eigenvalue weighted by atomic mass is 19.1. The lowest BCUT2D eigenvalue weighted by atomic mass is 10.1. The SMILES string of the molecule is Cc1cc(CNc2cc(F)ccc2F)c2ccccc2n1. The molecule has 0 amide bonds. The Morgan fingerprint density at radius 3 is 2.71 bits per heavy atom. The predicted molar refractivity (Wildman–Crippen MR) is 80.2 cm³/mol. The van der Waals surface area contributed by atoms with Crippen molar-refractivity contribution in [1.29, 1.82) is 0 Å². The highest BCUT2D eigenvalue weighted by molar-refractivity contribution is 5.82. The smallest absolute Gasteiger partial charge is 0.146 e. The van der Waals surface area contributed by atoms with Gasteiger partial charge in [0.15, 0.2) is 0 Å². The van der Waals surface area contributed by atoms with E-state index in [0.29, 0.717) is 6.54 Å². The van der Waals surface area contributed by atoms with Crippen molar-refractivity contribution in [3.63, 3.8) is 0 Å². The zero-order chi connectivity index (χ0) is 14.8. The molecule has 0 atom stereocenters. The number of nitrogens with one attached hydrogen (secondary N) is 1. The summed E-state index contributed by atoms with van der Waals surface area (Å²) in [6.07, 6.45) is 0. The Kier molecular flexibility index (Phi) is 3.52. The number of aryl methyl sites for hydroxylation is 1. The van der Waals surface area contributed by atoms with Crippen molar-refractivity contribution in [2.75, 3.05) is 5.32 Å². The molecular weight excluding hydrogens is 270 g/mol. The number of pyridine rings is 1. The van der Waals surface area contributed by atoms with E-state index in [4.69, 9.17) is 0 Å². The monoisotopic (exact) mass is 284 g/mol. The van der Waals surface area contributed by atoms with Crippen LogP contribution in [0.3, 0.4) is 0 Å². The van der Waals surface area contributed by atoms with E-state index in [-0.39, 0.29) is 5.69 Å². The van der Waals surface area contributed by atoms with Crippen LogP contribution in [0.5, 0.6) is 0 Å². The Hall–Kier alpha value is -2.49. The molecule has 1 N–H and O–H groups in total. The molecule has 3 aromatic rings. The standard InChI is InChI=1S/C17H14F2N2/c1-11-8-12(14-4-2-3-5-16(14)21-11)10-20-17-9-13(18)6-7-15(17)19/h2-9,20H,10H2,1H3. The number of fused-ring (bicyclic) bond motifs is 1. The van der Waals surface area contributed by atoms with Gasteiger partial charge in [-0.2, -0.15) is 0 Å². The van der Waals surface area contributed by atoms with Crippen molar-refractivity contribution >= 4 is 16.6 Å². The average Bonchev–Trinajstić information content (AvgIpc) is 2.47. The lowest BCUT2D eigenvalue weighted by Crippen LogP contribution is -2.03. The molecule has 0 aliphatic heterocycles. The number of anilines is 1. The fraction of sp³-hybridized carbons (Fsp3) is 0.118. The molecule has 0 fully saturated rings. The quantitative estimate of drug-likeness (QED) is 0.769. The van der Waals surface area contributed by atoms with Crippen LogP contribution in [-0.2, 0) is 6.54 Å². The molecule has 2 aromatic carbocycles. The minimum Gasteiger partial charge on any atom is -0.378 e. The summed E-state index contributed by atoms with van der Waals surface area (Å²) in [6, 6.07) is 13.1. The van der Waals surface area contributed by atoms with E-state index in [2.05, 4.69) is 10.3 Å². The van der Waals surface area contributed by atoms with Crippen LogP contribution >= 0.6 is 0 Å². The Balaban J connectivity index is 1.93. The van der Waals surface area contributed by atoms with Gasteiger partial charge in [0, 0.05) is 17.6 Å². The molecule has 0 spiro atoms. The summed E-state index contributed by atoms with van der Waals surface area (Å²) < 4.78 is 26.8. The number of hydrogen-bond acceptors (Lipinski definition) is 2. The van der Waals surface area contributed by atoms with Crippen molar-refractivity contribution in [1.82, 2.24) is 4.98 Å². The maximum atomic E-state index is 13.6. The fourth-order valence-corrected chi connectivity index (χ4v) is 2.36. The van der Waals surface area contributed by atoms with Crippen LogP contribution in [0.1, 0.15) is 11.3 Å². The highest BCUT2D eigenvalue weighted by Crippen LogP contribution is 2.21. The lowest BCUT2D eigenvalue weighted by molar-refractivity contribution is 0.602. The predicted octanol–water partition coefficient (Wildman–Crippen LogP) is 4.43. The van der Waals surface area contributed by atoms with E-state index in [1.807, 2.05) is 37.3 Å². The number of benzene rings is 2. The third-order valence-corrected chi connectivity index (χ3v) is 3.33. The molecular formula is C17H14F2N2. The van der Waals surface area contributed by atoms with E-state index < -0.39 is 11.6 Å². The maximum Gasteiger partial charge on any atom is 0.146 e. The number of rotatable bonds is 3.